The lowest BCUT2D eigenvalue weighted by atomic mass is 9.92. The Morgan fingerprint density at radius 1 is 1.26 bits per heavy atom. The van der Waals surface area contributed by atoms with E-state index in [9.17, 15) is 4.79 Å². The van der Waals surface area contributed by atoms with Crippen LogP contribution in [0.15, 0.2) is 48.5 Å². The number of methoxy groups -OCH3 is 1. The molecule has 1 heterocycles. The molecule has 120 valence electrons. The van der Waals surface area contributed by atoms with E-state index in [2.05, 4.69) is 5.32 Å². The minimum Gasteiger partial charge on any atom is -0.497 e. The van der Waals surface area contributed by atoms with Crippen LogP contribution >= 0.6 is 0 Å². The van der Waals surface area contributed by atoms with Crippen LogP contribution in [-0.4, -0.2) is 26.2 Å². The third-order valence-corrected chi connectivity index (χ3v) is 4.12. The highest BCUT2D eigenvalue weighted by molar-refractivity contribution is 5.84. The summed E-state index contributed by atoms with van der Waals surface area (Å²) in [4.78, 5) is 12.5. The molecule has 0 aromatic heterocycles. The summed E-state index contributed by atoms with van der Waals surface area (Å²) in [6.07, 6.45) is 1.51. The molecule has 4 heteroatoms. The topological polar surface area (TPSA) is 47.6 Å². The van der Waals surface area contributed by atoms with Crippen molar-refractivity contribution in [3.63, 3.8) is 0 Å². The summed E-state index contributed by atoms with van der Waals surface area (Å²) in [7, 11) is 1.66. The van der Waals surface area contributed by atoms with Crippen LogP contribution in [-0.2, 0) is 11.2 Å². The zero-order chi connectivity index (χ0) is 16.1. The summed E-state index contributed by atoms with van der Waals surface area (Å²) >= 11 is 0. The summed E-state index contributed by atoms with van der Waals surface area (Å²) in [5.74, 6) is 1.62. The van der Waals surface area contributed by atoms with E-state index in [1.807, 2.05) is 48.5 Å². The number of carbonyl (C=O) groups is 1. The number of benzene rings is 2. The minimum atomic E-state index is -0.120. The summed E-state index contributed by atoms with van der Waals surface area (Å²) in [5.41, 5.74) is 2.13. The number of carbonyl (C=O) groups excluding carboxylic acids is 1. The van der Waals surface area contributed by atoms with Crippen LogP contribution < -0.4 is 14.8 Å². The highest BCUT2D eigenvalue weighted by Gasteiger charge is 2.26. The fourth-order valence-corrected chi connectivity index (χ4v) is 2.90. The van der Waals surface area contributed by atoms with Crippen LogP contribution in [0, 0.1) is 0 Å². The van der Waals surface area contributed by atoms with Crippen LogP contribution in [0.4, 0.5) is 0 Å². The van der Waals surface area contributed by atoms with Gasteiger partial charge in [-0.1, -0.05) is 30.3 Å². The predicted molar refractivity (Wildman–Crippen MR) is 89.0 cm³/mol. The third-order valence-electron chi connectivity index (χ3n) is 4.12. The van der Waals surface area contributed by atoms with Crippen molar-refractivity contribution in [2.75, 3.05) is 20.3 Å². The smallest absolute Gasteiger partial charge is 0.227 e. The standard InChI is InChI=1S/C19H21NO3/c1-22-15-6-4-5-14(13-15)9-11-20-19(21)17-10-12-23-18-8-3-2-7-16(17)18/h2-8,13,17H,9-12H2,1H3,(H,20,21). The molecule has 1 atom stereocenters. The molecule has 0 saturated carbocycles. The average molecular weight is 311 g/mol. The Hall–Kier alpha value is -2.49. The molecule has 1 aliphatic rings. The van der Waals surface area contributed by atoms with Gasteiger partial charge in [0.25, 0.3) is 0 Å². The number of hydrogen-bond donors (Lipinski definition) is 1. The molecule has 3 rings (SSSR count). The normalized spacial score (nSPS) is 16.1. The van der Waals surface area contributed by atoms with Gasteiger partial charge >= 0.3 is 0 Å². The number of amides is 1. The summed E-state index contributed by atoms with van der Waals surface area (Å²) in [6.45, 7) is 1.20. The van der Waals surface area contributed by atoms with Crippen molar-refractivity contribution in [1.29, 1.82) is 0 Å². The second-order valence-corrected chi connectivity index (χ2v) is 5.62. The summed E-state index contributed by atoms with van der Waals surface area (Å²) in [6, 6.07) is 15.7. The Bertz CT molecular complexity index is 684. The van der Waals surface area contributed by atoms with Gasteiger partial charge in [0, 0.05) is 12.1 Å². The van der Waals surface area contributed by atoms with Gasteiger partial charge < -0.3 is 14.8 Å². The van der Waals surface area contributed by atoms with Crippen LogP contribution in [0.3, 0.4) is 0 Å². The van der Waals surface area contributed by atoms with Crippen molar-refractivity contribution in [3.8, 4) is 11.5 Å². The average Bonchev–Trinajstić information content (AvgIpc) is 2.61. The maximum atomic E-state index is 12.5. The van der Waals surface area contributed by atoms with Gasteiger partial charge in [-0.3, -0.25) is 4.79 Å². The van der Waals surface area contributed by atoms with Gasteiger partial charge in [-0.25, -0.2) is 0 Å². The van der Waals surface area contributed by atoms with Crippen LogP contribution in [0.2, 0.25) is 0 Å². The maximum Gasteiger partial charge on any atom is 0.227 e. The highest BCUT2D eigenvalue weighted by atomic mass is 16.5. The van der Waals surface area contributed by atoms with E-state index < -0.39 is 0 Å². The van der Waals surface area contributed by atoms with E-state index in [0.29, 0.717) is 13.2 Å². The van der Waals surface area contributed by atoms with Gasteiger partial charge in [-0.15, -0.1) is 0 Å². The van der Waals surface area contributed by atoms with Crippen molar-refractivity contribution >= 4 is 5.91 Å². The van der Waals surface area contributed by atoms with E-state index in [-0.39, 0.29) is 11.8 Å². The van der Waals surface area contributed by atoms with Crippen molar-refractivity contribution in [2.45, 2.75) is 18.8 Å². The number of para-hydroxylation sites is 1. The van der Waals surface area contributed by atoms with Crippen LogP contribution in [0.25, 0.3) is 0 Å². The van der Waals surface area contributed by atoms with Crippen molar-refractivity contribution < 1.29 is 14.3 Å². The monoisotopic (exact) mass is 311 g/mol. The molecule has 0 saturated heterocycles. The Labute approximate surface area is 136 Å². The molecule has 1 aliphatic heterocycles. The molecule has 0 fully saturated rings. The van der Waals surface area contributed by atoms with Crippen molar-refractivity contribution in [3.05, 3.63) is 59.7 Å². The molecule has 2 aromatic carbocycles. The molecule has 1 N–H and O–H groups in total. The molecule has 0 aliphatic carbocycles. The quantitative estimate of drug-likeness (QED) is 0.923. The molecular weight excluding hydrogens is 290 g/mol. The SMILES string of the molecule is COc1cccc(CCNC(=O)C2CCOc3ccccc32)c1. The number of rotatable bonds is 5. The number of fused-ring (bicyclic) bond motifs is 1. The minimum absolute atomic E-state index is 0.0728. The number of nitrogens with one attached hydrogen (secondary N) is 1. The Kier molecular flexibility index (Phi) is 4.81. The molecule has 1 amide bonds. The fourth-order valence-electron chi connectivity index (χ4n) is 2.90. The van der Waals surface area contributed by atoms with Crippen LogP contribution in [0.5, 0.6) is 11.5 Å². The zero-order valence-electron chi connectivity index (χ0n) is 13.2. The number of hydrogen-bond acceptors (Lipinski definition) is 3. The molecule has 2 aromatic rings. The molecule has 0 spiro atoms. The second-order valence-electron chi connectivity index (χ2n) is 5.62. The first-order valence-electron chi connectivity index (χ1n) is 7.90. The molecular formula is C19H21NO3. The molecule has 0 bridgehead atoms. The lowest BCUT2D eigenvalue weighted by molar-refractivity contribution is -0.123. The first-order chi connectivity index (χ1) is 11.3. The zero-order valence-corrected chi connectivity index (χ0v) is 13.2. The molecule has 23 heavy (non-hydrogen) atoms. The first kappa shape index (κ1) is 15.4. The largest absolute Gasteiger partial charge is 0.497 e. The van der Waals surface area contributed by atoms with Crippen molar-refractivity contribution in [1.82, 2.24) is 5.32 Å². The third kappa shape index (κ3) is 3.65. The molecule has 4 nitrogen and oxygen atoms in total. The molecule has 0 radical (unpaired) electrons. The van der Waals surface area contributed by atoms with Gasteiger partial charge in [-0.05, 0) is 36.6 Å². The van der Waals surface area contributed by atoms with Gasteiger partial charge in [0.15, 0.2) is 0 Å². The van der Waals surface area contributed by atoms with Gasteiger partial charge in [0.2, 0.25) is 5.91 Å². The summed E-state index contributed by atoms with van der Waals surface area (Å²) < 4.78 is 10.8. The highest BCUT2D eigenvalue weighted by Crippen LogP contribution is 2.33. The first-order valence-corrected chi connectivity index (χ1v) is 7.90. The molecule has 1 unspecified atom stereocenters. The predicted octanol–water partition coefficient (Wildman–Crippen LogP) is 2.92. The van der Waals surface area contributed by atoms with E-state index >= 15 is 0 Å². The van der Waals surface area contributed by atoms with E-state index in [1.54, 1.807) is 7.11 Å². The lowest BCUT2D eigenvalue weighted by Gasteiger charge is -2.25. The maximum absolute atomic E-state index is 12.5. The number of ether oxygens (including phenoxy) is 2. The van der Waals surface area contributed by atoms with Gasteiger partial charge in [0.1, 0.15) is 11.5 Å². The Balaban J connectivity index is 1.58. The Morgan fingerprint density at radius 2 is 2.13 bits per heavy atom. The fraction of sp³-hybridized carbons (Fsp3) is 0.316. The van der Waals surface area contributed by atoms with Crippen molar-refractivity contribution in [2.24, 2.45) is 0 Å². The van der Waals surface area contributed by atoms with Gasteiger partial charge in [0.05, 0.1) is 19.6 Å². The second kappa shape index (κ2) is 7.18. The van der Waals surface area contributed by atoms with E-state index in [1.165, 1.54) is 0 Å². The van der Waals surface area contributed by atoms with Gasteiger partial charge in [-0.2, -0.15) is 0 Å². The van der Waals surface area contributed by atoms with E-state index in [0.717, 1.165) is 35.5 Å². The summed E-state index contributed by atoms with van der Waals surface area (Å²) in [5, 5.41) is 3.04. The van der Waals surface area contributed by atoms with Crippen LogP contribution in [0.1, 0.15) is 23.5 Å². The Morgan fingerprint density at radius 3 is 3.00 bits per heavy atom. The van der Waals surface area contributed by atoms with E-state index in [4.69, 9.17) is 9.47 Å². The lowest BCUT2D eigenvalue weighted by Crippen LogP contribution is -2.33.